The highest BCUT2D eigenvalue weighted by atomic mass is 79.9. The summed E-state index contributed by atoms with van der Waals surface area (Å²) in [5, 5.41) is 1.03. The topological polar surface area (TPSA) is 12.9 Å². The summed E-state index contributed by atoms with van der Waals surface area (Å²) >= 11 is 3.54. The van der Waals surface area contributed by atoms with Crippen LogP contribution in [0.4, 0.5) is 0 Å². The molecule has 1 nitrogen and oxygen atoms in total. The lowest BCUT2D eigenvalue weighted by molar-refractivity contribution is 0.424. The third-order valence-electron chi connectivity index (χ3n) is 2.17. The predicted molar refractivity (Wildman–Crippen MR) is 60.3 cm³/mol. The molecule has 0 atom stereocenters. The zero-order valence-electron chi connectivity index (χ0n) is 8.47. The molecule has 0 aromatic carbocycles. The fraction of sp³-hybridized carbons (Fsp3) is 0.545. The van der Waals surface area contributed by atoms with Crippen molar-refractivity contribution in [2.75, 3.05) is 5.33 Å². The summed E-state index contributed by atoms with van der Waals surface area (Å²) in [4.78, 5) is 4.09. The second kappa shape index (κ2) is 4.23. The molecule has 1 heterocycles. The molecule has 0 aliphatic rings. The maximum Gasteiger partial charge on any atom is 0.0299 e. The molecule has 0 bridgehead atoms. The number of rotatable bonds is 3. The number of hydrogen-bond acceptors (Lipinski definition) is 1. The Morgan fingerprint density at radius 2 is 2.15 bits per heavy atom. The Hall–Kier alpha value is -0.370. The molecule has 0 saturated heterocycles. The Morgan fingerprint density at radius 1 is 1.46 bits per heavy atom. The molecule has 0 aliphatic carbocycles. The van der Waals surface area contributed by atoms with E-state index in [-0.39, 0.29) is 0 Å². The van der Waals surface area contributed by atoms with E-state index in [4.69, 9.17) is 0 Å². The number of alkyl halides is 1. The second-order valence-electron chi connectivity index (χ2n) is 4.28. The minimum Gasteiger partial charge on any atom is -0.264 e. The summed E-state index contributed by atoms with van der Waals surface area (Å²) < 4.78 is 0. The number of hydrogen-bond donors (Lipinski definition) is 0. The largest absolute Gasteiger partial charge is 0.264 e. The normalized spacial score (nSPS) is 11.7. The molecule has 0 radical (unpaired) electrons. The zero-order valence-corrected chi connectivity index (χ0v) is 10.1. The quantitative estimate of drug-likeness (QED) is 0.740. The molecular weight excluding hydrogens is 226 g/mol. The standard InChI is InChI=1S/C11H16BrN/c1-9-7-13-5-4-10(9)6-11(2,3)8-12/h4-5,7H,6,8H2,1-3H3. The van der Waals surface area contributed by atoms with Crippen LogP contribution in [0.2, 0.25) is 0 Å². The van der Waals surface area contributed by atoms with E-state index in [1.54, 1.807) is 0 Å². The molecule has 0 unspecified atom stereocenters. The molecule has 0 fully saturated rings. The van der Waals surface area contributed by atoms with Crippen LogP contribution < -0.4 is 0 Å². The van der Waals surface area contributed by atoms with Gasteiger partial charge in [0, 0.05) is 17.7 Å². The van der Waals surface area contributed by atoms with Crippen LogP contribution in [0.1, 0.15) is 25.0 Å². The van der Waals surface area contributed by atoms with E-state index < -0.39 is 0 Å². The highest BCUT2D eigenvalue weighted by Gasteiger charge is 2.17. The van der Waals surface area contributed by atoms with Crippen LogP contribution in [0, 0.1) is 12.3 Å². The second-order valence-corrected chi connectivity index (χ2v) is 4.84. The van der Waals surface area contributed by atoms with E-state index in [1.165, 1.54) is 11.1 Å². The number of halogens is 1. The Kier molecular flexibility index (Phi) is 3.48. The van der Waals surface area contributed by atoms with E-state index >= 15 is 0 Å². The van der Waals surface area contributed by atoms with Crippen LogP contribution in [0.3, 0.4) is 0 Å². The molecule has 1 rings (SSSR count). The lowest BCUT2D eigenvalue weighted by atomic mass is 9.87. The number of nitrogens with zero attached hydrogens (tertiary/aromatic N) is 1. The molecule has 0 saturated carbocycles. The molecule has 0 N–H and O–H groups in total. The summed E-state index contributed by atoms with van der Waals surface area (Å²) in [6.07, 6.45) is 4.90. The molecule has 1 aromatic rings. The highest BCUT2D eigenvalue weighted by Crippen LogP contribution is 2.25. The molecular formula is C11H16BrN. The van der Waals surface area contributed by atoms with Crippen molar-refractivity contribution in [3.63, 3.8) is 0 Å². The number of aromatic nitrogens is 1. The maximum atomic E-state index is 4.09. The molecule has 13 heavy (non-hydrogen) atoms. The monoisotopic (exact) mass is 241 g/mol. The first-order valence-electron chi connectivity index (χ1n) is 4.51. The van der Waals surface area contributed by atoms with E-state index in [9.17, 15) is 0 Å². The Bertz CT molecular complexity index is 281. The van der Waals surface area contributed by atoms with Crippen molar-refractivity contribution >= 4 is 15.9 Å². The maximum absolute atomic E-state index is 4.09. The number of pyridine rings is 1. The summed E-state index contributed by atoms with van der Waals surface area (Å²) in [6.45, 7) is 6.65. The molecule has 72 valence electrons. The van der Waals surface area contributed by atoms with Crippen LogP contribution in [0.15, 0.2) is 18.5 Å². The van der Waals surface area contributed by atoms with Crippen LogP contribution in [-0.2, 0) is 6.42 Å². The summed E-state index contributed by atoms with van der Waals surface area (Å²) in [6, 6.07) is 2.11. The van der Waals surface area contributed by atoms with Crippen molar-refractivity contribution < 1.29 is 0 Å². The first-order chi connectivity index (χ1) is 6.05. The smallest absolute Gasteiger partial charge is 0.0299 e. The van der Waals surface area contributed by atoms with E-state index in [1.807, 2.05) is 12.4 Å². The van der Waals surface area contributed by atoms with Crippen molar-refractivity contribution in [2.45, 2.75) is 27.2 Å². The molecule has 2 heteroatoms. The average Bonchev–Trinajstić information content (AvgIpc) is 2.09. The van der Waals surface area contributed by atoms with Gasteiger partial charge in [0.05, 0.1) is 0 Å². The Balaban J connectivity index is 2.80. The van der Waals surface area contributed by atoms with Gasteiger partial charge in [-0.15, -0.1) is 0 Å². The van der Waals surface area contributed by atoms with Crippen LogP contribution in [0.5, 0.6) is 0 Å². The van der Waals surface area contributed by atoms with Crippen molar-refractivity contribution in [2.24, 2.45) is 5.41 Å². The van der Waals surface area contributed by atoms with Gasteiger partial charge in [0.25, 0.3) is 0 Å². The third kappa shape index (κ3) is 3.11. The minimum atomic E-state index is 0.326. The summed E-state index contributed by atoms with van der Waals surface area (Å²) in [7, 11) is 0. The molecule has 1 aromatic heterocycles. The summed E-state index contributed by atoms with van der Waals surface area (Å²) in [5.74, 6) is 0. The Labute approximate surface area is 88.7 Å². The van der Waals surface area contributed by atoms with E-state index in [2.05, 4.69) is 47.8 Å². The van der Waals surface area contributed by atoms with Gasteiger partial charge in [-0.05, 0) is 36.0 Å². The van der Waals surface area contributed by atoms with Gasteiger partial charge < -0.3 is 0 Å². The van der Waals surface area contributed by atoms with Crippen molar-refractivity contribution in [3.8, 4) is 0 Å². The van der Waals surface area contributed by atoms with Crippen molar-refractivity contribution in [3.05, 3.63) is 29.6 Å². The van der Waals surface area contributed by atoms with Gasteiger partial charge in [0.1, 0.15) is 0 Å². The molecule has 0 spiro atoms. The van der Waals surface area contributed by atoms with Gasteiger partial charge in [0.2, 0.25) is 0 Å². The predicted octanol–water partition coefficient (Wildman–Crippen LogP) is 3.35. The first kappa shape index (κ1) is 10.7. The van der Waals surface area contributed by atoms with Crippen LogP contribution in [-0.4, -0.2) is 10.3 Å². The van der Waals surface area contributed by atoms with Crippen LogP contribution >= 0.6 is 15.9 Å². The third-order valence-corrected chi connectivity index (χ3v) is 3.69. The first-order valence-corrected chi connectivity index (χ1v) is 5.63. The number of aryl methyl sites for hydroxylation is 1. The summed E-state index contributed by atoms with van der Waals surface area (Å²) in [5.41, 5.74) is 3.02. The van der Waals surface area contributed by atoms with E-state index in [0.29, 0.717) is 5.41 Å². The van der Waals surface area contributed by atoms with Gasteiger partial charge in [-0.3, -0.25) is 4.98 Å². The van der Waals surface area contributed by atoms with Gasteiger partial charge >= 0.3 is 0 Å². The fourth-order valence-corrected chi connectivity index (χ4v) is 1.46. The SMILES string of the molecule is Cc1cnccc1CC(C)(C)CBr. The zero-order chi connectivity index (χ0) is 9.90. The highest BCUT2D eigenvalue weighted by molar-refractivity contribution is 9.09. The average molecular weight is 242 g/mol. The molecule has 0 amide bonds. The van der Waals surface area contributed by atoms with Crippen molar-refractivity contribution in [1.29, 1.82) is 0 Å². The lowest BCUT2D eigenvalue weighted by Crippen LogP contribution is -2.17. The van der Waals surface area contributed by atoms with Gasteiger partial charge in [0.15, 0.2) is 0 Å². The lowest BCUT2D eigenvalue weighted by Gasteiger charge is -2.22. The Morgan fingerprint density at radius 3 is 2.69 bits per heavy atom. The van der Waals surface area contributed by atoms with Gasteiger partial charge in [-0.25, -0.2) is 0 Å². The minimum absolute atomic E-state index is 0.326. The molecule has 0 aliphatic heterocycles. The van der Waals surface area contributed by atoms with Crippen molar-refractivity contribution in [1.82, 2.24) is 4.98 Å². The van der Waals surface area contributed by atoms with Crippen LogP contribution in [0.25, 0.3) is 0 Å². The van der Waals surface area contributed by atoms with Gasteiger partial charge in [-0.1, -0.05) is 29.8 Å². The van der Waals surface area contributed by atoms with Gasteiger partial charge in [-0.2, -0.15) is 0 Å². The van der Waals surface area contributed by atoms with E-state index in [0.717, 1.165) is 11.8 Å². The fourth-order valence-electron chi connectivity index (χ4n) is 1.26.